The largest absolute Gasteiger partial charge is 0.478 e. The number of halogens is 3. The lowest BCUT2D eigenvalue weighted by atomic mass is 10.1. The van der Waals surface area contributed by atoms with Gasteiger partial charge in [0.25, 0.3) is 0 Å². The van der Waals surface area contributed by atoms with Crippen molar-refractivity contribution in [3.05, 3.63) is 65.2 Å². The molecule has 2 rings (SSSR count). The Kier molecular flexibility index (Phi) is 4.57. The minimum absolute atomic E-state index is 0.319. The highest BCUT2D eigenvalue weighted by Crippen LogP contribution is 2.34. The summed E-state index contributed by atoms with van der Waals surface area (Å²) in [7, 11) is 0. The maximum Gasteiger partial charge on any atom is 0.416 e. The van der Waals surface area contributed by atoms with Gasteiger partial charge in [-0.05, 0) is 23.8 Å². The standard InChI is InChI=1S/C15H11F3O2S/c16-15(17,18)11-6-7-13(12(8-11)14(19)20)21-9-10-4-2-1-3-5-10/h1-8H,9H2,(H,19,20). The van der Waals surface area contributed by atoms with Crippen LogP contribution in [0.5, 0.6) is 0 Å². The summed E-state index contributed by atoms with van der Waals surface area (Å²) >= 11 is 1.20. The van der Waals surface area contributed by atoms with Crippen LogP contribution in [0.4, 0.5) is 13.2 Å². The zero-order valence-corrected chi connectivity index (χ0v) is 11.5. The molecule has 2 aromatic rings. The Morgan fingerprint density at radius 1 is 1.10 bits per heavy atom. The number of thioether (sulfide) groups is 1. The highest BCUT2D eigenvalue weighted by molar-refractivity contribution is 7.98. The third-order valence-corrected chi connectivity index (χ3v) is 3.92. The van der Waals surface area contributed by atoms with Gasteiger partial charge in [0.2, 0.25) is 0 Å². The van der Waals surface area contributed by atoms with Gasteiger partial charge < -0.3 is 5.11 Å². The van der Waals surface area contributed by atoms with E-state index < -0.39 is 17.7 Å². The van der Waals surface area contributed by atoms with Crippen molar-refractivity contribution in [3.63, 3.8) is 0 Å². The summed E-state index contributed by atoms with van der Waals surface area (Å²) in [5, 5.41) is 9.07. The number of rotatable bonds is 4. The van der Waals surface area contributed by atoms with Crippen molar-refractivity contribution in [1.82, 2.24) is 0 Å². The second kappa shape index (κ2) is 6.22. The number of alkyl halides is 3. The van der Waals surface area contributed by atoms with Crippen LogP contribution in [0.1, 0.15) is 21.5 Å². The lowest BCUT2D eigenvalue weighted by molar-refractivity contribution is -0.137. The predicted octanol–water partition coefficient (Wildman–Crippen LogP) is 4.70. The molecule has 2 aromatic carbocycles. The molecule has 0 heterocycles. The normalized spacial score (nSPS) is 11.4. The molecular formula is C15H11F3O2S. The number of carbonyl (C=O) groups is 1. The summed E-state index contributed by atoms with van der Waals surface area (Å²) in [6, 6.07) is 12.1. The molecule has 0 aliphatic rings. The van der Waals surface area contributed by atoms with Crippen molar-refractivity contribution in [1.29, 1.82) is 0 Å². The number of hydrogen-bond acceptors (Lipinski definition) is 2. The molecule has 0 atom stereocenters. The highest BCUT2D eigenvalue weighted by atomic mass is 32.2. The molecule has 21 heavy (non-hydrogen) atoms. The summed E-state index contributed by atoms with van der Waals surface area (Å²) in [4.78, 5) is 11.5. The quantitative estimate of drug-likeness (QED) is 0.832. The topological polar surface area (TPSA) is 37.3 Å². The van der Waals surface area contributed by atoms with Crippen LogP contribution >= 0.6 is 11.8 Å². The van der Waals surface area contributed by atoms with Gasteiger partial charge in [-0.25, -0.2) is 4.79 Å². The van der Waals surface area contributed by atoms with Crippen molar-refractivity contribution < 1.29 is 23.1 Å². The van der Waals surface area contributed by atoms with E-state index in [9.17, 15) is 18.0 Å². The zero-order valence-electron chi connectivity index (χ0n) is 10.7. The first-order chi connectivity index (χ1) is 9.88. The third kappa shape index (κ3) is 4.01. The van der Waals surface area contributed by atoms with E-state index >= 15 is 0 Å². The molecule has 0 amide bonds. The molecule has 110 valence electrons. The van der Waals surface area contributed by atoms with E-state index in [2.05, 4.69) is 0 Å². The van der Waals surface area contributed by atoms with E-state index in [1.807, 2.05) is 30.3 Å². The molecule has 0 saturated carbocycles. The molecule has 0 aromatic heterocycles. The number of benzene rings is 2. The maximum absolute atomic E-state index is 12.6. The predicted molar refractivity (Wildman–Crippen MR) is 74.4 cm³/mol. The molecule has 2 nitrogen and oxygen atoms in total. The number of carboxylic acid groups (broad SMARTS) is 1. The van der Waals surface area contributed by atoms with Gasteiger partial charge in [-0.2, -0.15) is 13.2 Å². The van der Waals surface area contributed by atoms with Crippen molar-refractivity contribution in [2.75, 3.05) is 0 Å². The van der Waals surface area contributed by atoms with Crippen LogP contribution in [0.25, 0.3) is 0 Å². The smallest absolute Gasteiger partial charge is 0.416 e. The summed E-state index contributed by atoms with van der Waals surface area (Å²) in [6.45, 7) is 0. The summed E-state index contributed by atoms with van der Waals surface area (Å²) in [5.41, 5.74) is -0.312. The Morgan fingerprint density at radius 2 is 1.76 bits per heavy atom. The molecule has 1 N–H and O–H groups in total. The fourth-order valence-electron chi connectivity index (χ4n) is 1.73. The Labute approximate surface area is 123 Å². The summed E-state index contributed by atoms with van der Waals surface area (Å²) in [5.74, 6) is -0.872. The van der Waals surface area contributed by atoms with Gasteiger partial charge in [0.15, 0.2) is 0 Å². The van der Waals surface area contributed by atoms with Crippen LogP contribution in [0, 0.1) is 0 Å². The van der Waals surface area contributed by atoms with Crippen LogP contribution in [0.2, 0.25) is 0 Å². The molecule has 0 saturated heterocycles. The molecular weight excluding hydrogens is 301 g/mol. The molecule has 0 radical (unpaired) electrons. The van der Waals surface area contributed by atoms with E-state index in [-0.39, 0.29) is 5.56 Å². The minimum atomic E-state index is -4.55. The van der Waals surface area contributed by atoms with E-state index in [0.29, 0.717) is 16.7 Å². The zero-order chi connectivity index (χ0) is 15.5. The first-order valence-corrected chi connectivity index (χ1v) is 6.98. The van der Waals surface area contributed by atoms with Gasteiger partial charge in [-0.3, -0.25) is 0 Å². The van der Waals surface area contributed by atoms with Crippen molar-refractivity contribution in [3.8, 4) is 0 Å². The first kappa shape index (κ1) is 15.4. The maximum atomic E-state index is 12.6. The molecule has 0 aliphatic carbocycles. The molecule has 0 unspecified atom stereocenters. The van der Waals surface area contributed by atoms with Crippen LogP contribution < -0.4 is 0 Å². The van der Waals surface area contributed by atoms with Crippen molar-refractivity contribution in [2.45, 2.75) is 16.8 Å². The first-order valence-electron chi connectivity index (χ1n) is 5.99. The number of carboxylic acids is 1. The Hall–Kier alpha value is -1.95. The third-order valence-electron chi connectivity index (χ3n) is 2.77. The summed E-state index contributed by atoms with van der Waals surface area (Å²) < 4.78 is 37.8. The Morgan fingerprint density at radius 3 is 2.33 bits per heavy atom. The van der Waals surface area contributed by atoms with Gasteiger partial charge >= 0.3 is 12.1 Å². The van der Waals surface area contributed by atoms with E-state index in [4.69, 9.17) is 5.11 Å². The van der Waals surface area contributed by atoms with Crippen LogP contribution in [-0.4, -0.2) is 11.1 Å². The van der Waals surface area contributed by atoms with Crippen LogP contribution in [0.3, 0.4) is 0 Å². The number of aromatic carboxylic acids is 1. The second-order valence-corrected chi connectivity index (χ2v) is 5.31. The lowest BCUT2D eigenvalue weighted by Crippen LogP contribution is -2.08. The van der Waals surface area contributed by atoms with Crippen LogP contribution in [-0.2, 0) is 11.9 Å². The molecule has 6 heteroatoms. The van der Waals surface area contributed by atoms with Gasteiger partial charge in [0, 0.05) is 10.6 Å². The summed E-state index contributed by atoms with van der Waals surface area (Å²) in [6.07, 6.45) is -4.55. The van der Waals surface area contributed by atoms with E-state index in [1.54, 1.807) is 0 Å². The van der Waals surface area contributed by atoms with Gasteiger partial charge in [-0.1, -0.05) is 30.3 Å². The molecule has 0 fully saturated rings. The van der Waals surface area contributed by atoms with Gasteiger partial charge in [-0.15, -0.1) is 11.8 Å². The fourth-order valence-corrected chi connectivity index (χ4v) is 2.72. The monoisotopic (exact) mass is 312 g/mol. The SMILES string of the molecule is O=C(O)c1cc(C(F)(F)F)ccc1SCc1ccccc1. The molecule has 0 spiro atoms. The minimum Gasteiger partial charge on any atom is -0.478 e. The lowest BCUT2D eigenvalue weighted by Gasteiger charge is -2.11. The number of hydrogen-bond donors (Lipinski definition) is 1. The average Bonchev–Trinajstić information content (AvgIpc) is 2.45. The van der Waals surface area contributed by atoms with Gasteiger partial charge in [0.05, 0.1) is 11.1 Å². The average molecular weight is 312 g/mol. The van der Waals surface area contributed by atoms with Crippen LogP contribution in [0.15, 0.2) is 53.4 Å². The van der Waals surface area contributed by atoms with Crippen molar-refractivity contribution >= 4 is 17.7 Å². The van der Waals surface area contributed by atoms with E-state index in [1.165, 1.54) is 17.8 Å². The molecule has 0 bridgehead atoms. The van der Waals surface area contributed by atoms with Gasteiger partial charge in [0.1, 0.15) is 0 Å². The van der Waals surface area contributed by atoms with E-state index in [0.717, 1.165) is 11.6 Å². The second-order valence-electron chi connectivity index (χ2n) is 4.29. The fraction of sp³-hybridized carbons (Fsp3) is 0.133. The van der Waals surface area contributed by atoms with Crippen molar-refractivity contribution in [2.24, 2.45) is 0 Å². The Balaban J connectivity index is 2.25. The highest BCUT2D eigenvalue weighted by Gasteiger charge is 2.31. The Bertz CT molecular complexity index is 639. The molecule has 0 aliphatic heterocycles.